The topological polar surface area (TPSA) is 69.3 Å². The summed E-state index contributed by atoms with van der Waals surface area (Å²) in [6.07, 6.45) is 0.852. The average molecular weight is 415 g/mol. The number of ether oxygens (including phenoxy) is 4. The van der Waals surface area contributed by atoms with Crippen LogP contribution in [0.3, 0.4) is 0 Å². The highest BCUT2D eigenvalue weighted by Crippen LogP contribution is 2.40. The van der Waals surface area contributed by atoms with Gasteiger partial charge < -0.3 is 29.2 Å². The molecule has 0 bridgehead atoms. The molecule has 1 heterocycles. The van der Waals surface area contributed by atoms with Crippen molar-refractivity contribution in [2.45, 2.75) is 19.8 Å². The zero-order valence-electron chi connectivity index (χ0n) is 18.1. The van der Waals surface area contributed by atoms with Crippen LogP contribution >= 0.6 is 0 Å². The number of aryl methyl sites for hydroxylation is 1. The predicted octanol–water partition coefficient (Wildman–Crippen LogP) is 3.43. The molecule has 1 aliphatic rings. The second-order valence-electron chi connectivity index (χ2n) is 7.09. The SMILES string of the molecule is COc1ccc(CCC(=O)Nc2cccc(N3CCOCC3)c2C)c(OC)c1OC. The third kappa shape index (κ3) is 4.79. The Bertz CT molecular complexity index is 878. The third-order valence-corrected chi connectivity index (χ3v) is 5.34. The highest BCUT2D eigenvalue weighted by molar-refractivity contribution is 5.92. The van der Waals surface area contributed by atoms with E-state index in [-0.39, 0.29) is 5.91 Å². The number of anilines is 2. The average Bonchev–Trinajstić information content (AvgIpc) is 2.78. The summed E-state index contributed by atoms with van der Waals surface area (Å²) in [5.41, 5.74) is 3.93. The van der Waals surface area contributed by atoms with Gasteiger partial charge in [-0.15, -0.1) is 0 Å². The number of amides is 1. The fourth-order valence-electron chi connectivity index (χ4n) is 3.73. The van der Waals surface area contributed by atoms with Crippen LogP contribution in [0, 0.1) is 6.92 Å². The van der Waals surface area contributed by atoms with Crippen molar-refractivity contribution in [2.24, 2.45) is 0 Å². The zero-order chi connectivity index (χ0) is 21.5. The molecule has 0 saturated carbocycles. The maximum Gasteiger partial charge on any atom is 0.224 e. The van der Waals surface area contributed by atoms with Gasteiger partial charge in [-0.2, -0.15) is 0 Å². The summed E-state index contributed by atoms with van der Waals surface area (Å²) in [6.45, 7) is 5.21. The summed E-state index contributed by atoms with van der Waals surface area (Å²) in [7, 11) is 4.74. The fraction of sp³-hybridized carbons (Fsp3) is 0.435. The van der Waals surface area contributed by atoms with Gasteiger partial charge >= 0.3 is 0 Å². The van der Waals surface area contributed by atoms with Crippen LogP contribution in [-0.2, 0) is 16.0 Å². The minimum absolute atomic E-state index is 0.0472. The van der Waals surface area contributed by atoms with Crippen LogP contribution in [0.4, 0.5) is 11.4 Å². The van der Waals surface area contributed by atoms with Crippen molar-refractivity contribution in [3.05, 3.63) is 41.5 Å². The second-order valence-corrected chi connectivity index (χ2v) is 7.09. The lowest BCUT2D eigenvalue weighted by Gasteiger charge is -2.30. The lowest BCUT2D eigenvalue weighted by atomic mass is 10.1. The van der Waals surface area contributed by atoms with Gasteiger partial charge in [-0.25, -0.2) is 0 Å². The van der Waals surface area contributed by atoms with E-state index in [0.29, 0.717) is 30.1 Å². The Morgan fingerprint density at radius 3 is 2.43 bits per heavy atom. The highest BCUT2D eigenvalue weighted by Gasteiger charge is 2.18. The number of hydrogen-bond acceptors (Lipinski definition) is 6. The lowest BCUT2D eigenvalue weighted by Crippen LogP contribution is -2.36. The van der Waals surface area contributed by atoms with Gasteiger partial charge in [0, 0.05) is 30.9 Å². The number of nitrogens with one attached hydrogen (secondary N) is 1. The largest absolute Gasteiger partial charge is 0.493 e. The molecule has 1 saturated heterocycles. The molecule has 2 aromatic carbocycles. The maximum atomic E-state index is 12.7. The van der Waals surface area contributed by atoms with E-state index >= 15 is 0 Å². The Morgan fingerprint density at radius 2 is 1.77 bits per heavy atom. The molecule has 1 amide bonds. The number of methoxy groups -OCH3 is 3. The van der Waals surface area contributed by atoms with E-state index in [1.165, 1.54) is 0 Å². The van der Waals surface area contributed by atoms with Gasteiger partial charge in [0.2, 0.25) is 11.7 Å². The van der Waals surface area contributed by atoms with Crippen molar-refractivity contribution < 1.29 is 23.7 Å². The molecule has 0 spiro atoms. The lowest BCUT2D eigenvalue weighted by molar-refractivity contribution is -0.116. The molecule has 0 atom stereocenters. The minimum Gasteiger partial charge on any atom is -0.493 e. The number of rotatable bonds is 8. The van der Waals surface area contributed by atoms with Crippen molar-refractivity contribution >= 4 is 17.3 Å². The maximum absolute atomic E-state index is 12.7. The molecular formula is C23H30N2O5. The number of carbonyl (C=O) groups excluding carboxylic acids is 1. The normalized spacial score (nSPS) is 13.7. The van der Waals surface area contributed by atoms with E-state index in [2.05, 4.69) is 16.3 Å². The van der Waals surface area contributed by atoms with Crippen LogP contribution in [0.1, 0.15) is 17.5 Å². The number of carbonyl (C=O) groups is 1. The van der Waals surface area contributed by atoms with E-state index in [0.717, 1.165) is 48.8 Å². The standard InChI is InChI=1S/C23H30N2O5/c1-16-18(6-5-7-19(16)25-12-14-30-15-13-25)24-21(26)11-9-17-8-10-20(27-2)23(29-4)22(17)28-3/h5-8,10H,9,11-15H2,1-4H3,(H,24,26). The van der Waals surface area contributed by atoms with Gasteiger partial charge in [0.25, 0.3) is 0 Å². The molecule has 3 rings (SSSR count). The van der Waals surface area contributed by atoms with Gasteiger partial charge in [-0.1, -0.05) is 12.1 Å². The Morgan fingerprint density at radius 1 is 1.03 bits per heavy atom. The molecule has 0 unspecified atom stereocenters. The number of hydrogen-bond donors (Lipinski definition) is 1. The van der Waals surface area contributed by atoms with Gasteiger partial charge in [0.05, 0.1) is 34.5 Å². The van der Waals surface area contributed by atoms with E-state index in [1.807, 2.05) is 31.2 Å². The van der Waals surface area contributed by atoms with Gasteiger partial charge in [0.15, 0.2) is 11.5 Å². The molecule has 162 valence electrons. The molecule has 1 N–H and O–H groups in total. The molecule has 1 aliphatic heterocycles. The molecule has 7 nitrogen and oxygen atoms in total. The quantitative estimate of drug-likeness (QED) is 0.714. The second kappa shape index (κ2) is 10.2. The minimum atomic E-state index is -0.0472. The molecular weight excluding hydrogens is 384 g/mol. The smallest absolute Gasteiger partial charge is 0.224 e. The predicted molar refractivity (Wildman–Crippen MR) is 117 cm³/mol. The first-order valence-electron chi connectivity index (χ1n) is 10.1. The first-order chi connectivity index (χ1) is 14.6. The number of morpholine rings is 1. The highest BCUT2D eigenvalue weighted by atomic mass is 16.5. The molecule has 2 aromatic rings. The van der Waals surface area contributed by atoms with Crippen LogP contribution in [0.5, 0.6) is 17.2 Å². The fourth-order valence-corrected chi connectivity index (χ4v) is 3.73. The van der Waals surface area contributed by atoms with Crippen LogP contribution in [0.15, 0.2) is 30.3 Å². The monoisotopic (exact) mass is 414 g/mol. The third-order valence-electron chi connectivity index (χ3n) is 5.34. The van der Waals surface area contributed by atoms with Crippen LogP contribution in [0.25, 0.3) is 0 Å². The molecule has 7 heteroatoms. The Balaban J connectivity index is 1.68. The Labute approximate surface area is 177 Å². The van der Waals surface area contributed by atoms with Gasteiger partial charge in [-0.3, -0.25) is 4.79 Å². The summed E-state index contributed by atoms with van der Waals surface area (Å²) in [5, 5.41) is 3.05. The van der Waals surface area contributed by atoms with Crippen LogP contribution < -0.4 is 24.4 Å². The Kier molecular flexibility index (Phi) is 7.41. The summed E-state index contributed by atoms with van der Waals surface area (Å²) >= 11 is 0. The van der Waals surface area contributed by atoms with Crippen molar-refractivity contribution in [2.75, 3.05) is 57.8 Å². The Hall–Kier alpha value is -2.93. The summed E-state index contributed by atoms with van der Waals surface area (Å²) in [4.78, 5) is 15.0. The summed E-state index contributed by atoms with van der Waals surface area (Å²) < 4.78 is 21.7. The van der Waals surface area contributed by atoms with E-state index in [1.54, 1.807) is 21.3 Å². The van der Waals surface area contributed by atoms with Crippen molar-refractivity contribution in [3.8, 4) is 17.2 Å². The van der Waals surface area contributed by atoms with Gasteiger partial charge in [-0.05, 0) is 42.7 Å². The van der Waals surface area contributed by atoms with E-state index in [9.17, 15) is 4.79 Å². The molecule has 1 fully saturated rings. The molecule has 30 heavy (non-hydrogen) atoms. The molecule has 0 aromatic heterocycles. The number of nitrogens with zero attached hydrogens (tertiary/aromatic N) is 1. The summed E-state index contributed by atoms with van der Waals surface area (Å²) in [5.74, 6) is 1.68. The zero-order valence-corrected chi connectivity index (χ0v) is 18.1. The molecule has 0 aliphatic carbocycles. The van der Waals surface area contributed by atoms with Crippen molar-refractivity contribution in [1.82, 2.24) is 0 Å². The van der Waals surface area contributed by atoms with E-state index in [4.69, 9.17) is 18.9 Å². The van der Waals surface area contributed by atoms with Crippen LogP contribution in [-0.4, -0.2) is 53.5 Å². The number of benzene rings is 2. The summed E-state index contributed by atoms with van der Waals surface area (Å²) in [6, 6.07) is 9.73. The van der Waals surface area contributed by atoms with Crippen LogP contribution in [0.2, 0.25) is 0 Å². The first kappa shape index (κ1) is 21.8. The van der Waals surface area contributed by atoms with E-state index < -0.39 is 0 Å². The molecule has 0 radical (unpaired) electrons. The van der Waals surface area contributed by atoms with Crippen molar-refractivity contribution in [3.63, 3.8) is 0 Å². The first-order valence-corrected chi connectivity index (χ1v) is 10.1. The van der Waals surface area contributed by atoms with Gasteiger partial charge in [0.1, 0.15) is 0 Å². The van der Waals surface area contributed by atoms with Crippen molar-refractivity contribution in [1.29, 1.82) is 0 Å².